The fourth-order valence-corrected chi connectivity index (χ4v) is 1.98. The normalized spacial score (nSPS) is 11.2. The highest BCUT2D eigenvalue weighted by Crippen LogP contribution is 2.14. The lowest BCUT2D eigenvalue weighted by atomic mass is 10.3. The Kier molecular flexibility index (Phi) is 4.68. The Morgan fingerprint density at radius 2 is 1.89 bits per heavy atom. The second kappa shape index (κ2) is 6.47. The molecule has 0 spiro atoms. The standard InChI is InChI=1S/C14H19N3O2/c1-11-15-7-14(8-16-12(9-18)10-19)17(11)13-5-3-2-4-6-13/h2-7,12,16,18-19H,8-10H2,1H3. The SMILES string of the molecule is Cc1ncc(CNC(CO)CO)n1-c1ccccc1. The molecule has 1 aromatic heterocycles. The Balaban J connectivity index is 2.19. The molecule has 0 bridgehead atoms. The van der Waals surface area contributed by atoms with Gasteiger partial charge in [0, 0.05) is 12.2 Å². The van der Waals surface area contributed by atoms with Crippen molar-refractivity contribution in [1.82, 2.24) is 14.9 Å². The van der Waals surface area contributed by atoms with E-state index >= 15 is 0 Å². The van der Waals surface area contributed by atoms with Gasteiger partial charge >= 0.3 is 0 Å². The molecule has 1 aromatic carbocycles. The van der Waals surface area contributed by atoms with Crippen LogP contribution in [-0.4, -0.2) is 39.0 Å². The summed E-state index contributed by atoms with van der Waals surface area (Å²) in [4.78, 5) is 4.32. The number of nitrogens with zero attached hydrogens (tertiary/aromatic N) is 2. The summed E-state index contributed by atoms with van der Waals surface area (Å²) in [5.41, 5.74) is 2.05. The van der Waals surface area contributed by atoms with Gasteiger partial charge in [-0.15, -0.1) is 0 Å². The lowest BCUT2D eigenvalue weighted by Crippen LogP contribution is -2.35. The van der Waals surface area contributed by atoms with Crippen LogP contribution in [0.3, 0.4) is 0 Å². The summed E-state index contributed by atoms with van der Waals surface area (Å²) in [6.07, 6.45) is 1.81. The maximum absolute atomic E-state index is 9.05. The summed E-state index contributed by atoms with van der Waals surface area (Å²) in [5.74, 6) is 0.910. The van der Waals surface area contributed by atoms with E-state index in [0.717, 1.165) is 17.2 Å². The van der Waals surface area contributed by atoms with Crippen LogP contribution in [0.1, 0.15) is 11.5 Å². The molecule has 0 radical (unpaired) electrons. The Labute approximate surface area is 112 Å². The smallest absolute Gasteiger partial charge is 0.110 e. The van der Waals surface area contributed by atoms with Gasteiger partial charge in [-0.1, -0.05) is 18.2 Å². The van der Waals surface area contributed by atoms with Crippen molar-refractivity contribution >= 4 is 0 Å². The number of aliphatic hydroxyl groups excluding tert-OH is 2. The van der Waals surface area contributed by atoms with Crippen molar-refractivity contribution < 1.29 is 10.2 Å². The number of aromatic nitrogens is 2. The summed E-state index contributed by atoms with van der Waals surface area (Å²) < 4.78 is 2.05. The van der Waals surface area contributed by atoms with Crippen LogP contribution in [0.25, 0.3) is 5.69 Å². The lowest BCUT2D eigenvalue weighted by molar-refractivity contribution is 0.170. The number of hydrogen-bond acceptors (Lipinski definition) is 4. The second-order valence-corrected chi connectivity index (χ2v) is 4.41. The molecule has 2 aromatic rings. The minimum absolute atomic E-state index is 0.0883. The molecule has 102 valence electrons. The van der Waals surface area contributed by atoms with Gasteiger partial charge in [0.25, 0.3) is 0 Å². The van der Waals surface area contributed by atoms with Crippen molar-refractivity contribution in [3.63, 3.8) is 0 Å². The van der Waals surface area contributed by atoms with Crippen LogP contribution in [0.5, 0.6) is 0 Å². The first-order chi connectivity index (χ1) is 9.26. The summed E-state index contributed by atoms with van der Waals surface area (Å²) >= 11 is 0. The predicted octanol–water partition coefficient (Wildman–Crippen LogP) is 0.624. The number of rotatable bonds is 6. The fraction of sp³-hybridized carbons (Fsp3) is 0.357. The molecule has 5 nitrogen and oxygen atoms in total. The molecule has 0 aliphatic carbocycles. The monoisotopic (exact) mass is 261 g/mol. The van der Waals surface area contributed by atoms with Gasteiger partial charge < -0.3 is 15.5 Å². The number of benzene rings is 1. The van der Waals surface area contributed by atoms with E-state index in [1.54, 1.807) is 6.20 Å². The third kappa shape index (κ3) is 3.20. The maximum atomic E-state index is 9.05. The predicted molar refractivity (Wildman–Crippen MR) is 73.1 cm³/mol. The Bertz CT molecular complexity index is 507. The molecular formula is C14H19N3O2. The van der Waals surface area contributed by atoms with Crippen LogP contribution in [0.2, 0.25) is 0 Å². The molecule has 3 N–H and O–H groups in total. The van der Waals surface area contributed by atoms with Gasteiger partial charge in [0.2, 0.25) is 0 Å². The van der Waals surface area contributed by atoms with Crippen molar-refractivity contribution in [2.75, 3.05) is 13.2 Å². The molecular weight excluding hydrogens is 242 g/mol. The minimum atomic E-state index is -0.306. The number of imidazole rings is 1. The van der Waals surface area contributed by atoms with Crippen LogP contribution in [-0.2, 0) is 6.54 Å². The zero-order valence-corrected chi connectivity index (χ0v) is 11.0. The van der Waals surface area contributed by atoms with E-state index in [0.29, 0.717) is 6.54 Å². The molecule has 0 saturated heterocycles. The number of aryl methyl sites for hydroxylation is 1. The molecule has 2 rings (SSSR count). The topological polar surface area (TPSA) is 70.3 Å². The van der Waals surface area contributed by atoms with Gasteiger partial charge in [0.15, 0.2) is 0 Å². The Morgan fingerprint density at radius 3 is 2.53 bits per heavy atom. The maximum Gasteiger partial charge on any atom is 0.110 e. The van der Waals surface area contributed by atoms with E-state index < -0.39 is 0 Å². The first kappa shape index (κ1) is 13.7. The first-order valence-corrected chi connectivity index (χ1v) is 6.30. The largest absolute Gasteiger partial charge is 0.395 e. The number of hydrogen-bond donors (Lipinski definition) is 3. The van der Waals surface area contributed by atoms with E-state index in [4.69, 9.17) is 10.2 Å². The fourth-order valence-electron chi connectivity index (χ4n) is 1.98. The van der Waals surface area contributed by atoms with Crippen LogP contribution in [0.15, 0.2) is 36.5 Å². The quantitative estimate of drug-likeness (QED) is 0.713. The molecule has 0 amide bonds. The molecule has 1 heterocycles. The van der Waals surface area contributed by atoms with E-state index in [1.165, 1.54) is 0 Å². The third-order valence-electron chi connectivity index (χ3n) is 3.04. The van der Waals surface area contributed by atoms with E-state index in [2.05, 4.69) is 14.9 Å². The molecule has 0 unspecified atom stereocenters. The zero-order valence-electron chi connectivity index (χ0n) is 11.0. The summed E-state index contributed by atoms with van der Waals surface area (Å²) in [6, 6.07) is 9.68. The highest BCUT2D eigenvalue weighted by Gasteiger charge is 2.10. The van der Waals surface area contributed by atoms with E-state index in [9.17, 15) is 0 Å². The summed E-state index contributed by atoms with van der Waals surface area (Å²) in [5, 5.41) is 21.2. The van der Waals surface area contributed by atoms with E-state index in [-0.39, 0.29) is 19.3 Å². The average molecular weight is 261 g/mol. The first-order valence-electron chi connectivity index (χ1n) is 6.30. The van der Waals surface area contributed by atoms with Crippen molar-refractivity contribution in [2.24, 2.45) is 0 Å². The highest BCUT2D eigenvalue weighted by atomic mass is 16.3. The summed E-state index contributed by atoms with van der Waals surface area (Å²) in [7, 11) is 0. The van der Waals surface area contributed by atoms with Gasteiger partial charge in [-0.25, -0.2) is 4.98 Å². The minimum Gasteiger partial charge on any atom is -0.395 e. The number of para-hydroxylation sites is 1. The van der Waals surface area contributed by atoms with Gasteiger partial charge in [0.05, 0.1) is 31.1 Å². The van der Waals surface area contributed by atoms with Gasteiger partial charge in [-0.3, -0.25) is 4.57 Å². The van der Waals surface area contributed by atoms with Crippen molar-refractivity contribution in [3.05, 3.63) is 48.0 Å². The van der Waals surface area contributed by atoms with Crippen LogP contribution < -0.4 is 5.32 Å². The molecule has 0 fully saturated rings. The Hall–Kier alpha value is -1.69. The third-order valence-corrected chi connectivity index (χ3v) is 3.04. The molecule has 0 aliphatic rings. The second-order valence-electron chi connectivity index (χ2n) is 4.41. The van der Waals surface area contributed by atoms with Gasteiger partial charge in [-0.2, -0.15) is 0 Å². The highest BCUT2D eigenvalue weighted by molar-refractivity contribution is 5.35. The summed E-state index contributed by atoms with van der Waals surface area (Å²) in [6.45, 7) is 2.32. The van der Waals surface area contributed by atoms with E-state index in [1.807, 2.05) is 37.3 Å². The average Bonchev–Trinajstić information content (AvgIpc) is 2.82. The lowest BCUT2D eigenvalue weighted by Gasteiger charge is -2.15. The van der Waals surface area contributed by atoms with Crippen molar-refractivity contribution in [1.29, 1.82) is 0 Å². The number of aliphatic hydroxyl groups is 2. The van der Waals surface area contributed by atoms with Crippen molar-refractivity contribution in [3.8, 4) is 5.69 Å². The molecule has 0 saturated carbocycles. The van der Waals surface area contributed by atoms with Crippen LogP contribution >= 0.6 is 0 Å². The molecule has 5 heteroatoms. The Morgan fingerprint density at radius 1 is 1.21 bits per heavy atom. The van der Waals surface area contributed by atoms with Gasteiger partial charge in [0.1, 0.15) is 5.82 Å². The molecule has 19 heavy (non-hydrogen) atoms. The van der Waals surface area contributed by atoms with Gasteiger partial charge in [-0.05, 0) is 19.1 Å². The zero-order chi connectivity index (χ0) is 13.7. The molecule has 0 atom stereocenters. The molecule has 0 aliphatic heterocycles. The van der Waals surface area contributed by atoms with Crippen LogP contribution in [0, 0.1) is 6.92 Å². The number of nitrogens with one attached hydrogen (secondary N) is 1. The van der Waals surface area contributed by atoms with Crippen molar-refractivity contribution in [2.45, 2.75) is 19.5 Å². The van der Waals surface area contributed by atoms with Crippen LogP contribution in [0.4, 0.5) is 0 Å².